The van der Waals surface area contributed by atoms with Gasteiger partial charge >= 0.3 is 11.6 Å². The molecule has 1 aliphatic rings. The van der Waals surface area contributed by atoms with Crippen LogP contribution in [-0.2, 0) is 16.6 Å². The van der Waals surface area contributed by atoms with Crippen molar-refractivity contribution in [3.8, 4) is 5.69 Å². The Morgan fingerprint density at radius 1 is 1.00 bits per heavy atom. The molecule has 1 unspecified atom stereocenters. The number of benzene rings is 1. The number of nitrogens with zero attached hydrogens (tertiary/aromatic N) is 5. The second-order valence-corrected chi connectivity index (χ2v) is 5.20. The molecule has 1 amide bonds. The number of Topliss-reactive ketones (excluding diaryl/α,β-unsaturated/α-hetero) is 1. The van der Waals surface area contributed by atoms with Crippen LogP contribution in [0.3, 0.4) is 0 Å². The highest BCUT2D eigenvalue weighted by Crippen LogP contribution is 2.14. The first-order chi connectivity index (χ1) is 11.4. The second kappa shape index (κ2) is 5.69. The lowest BCUT2D eigenvalue weighted by atomic mass is 10.00. The molecular formula is C15H13N5O4. The fourth-order valence-corrected chi connectivity index (χ4v) is 2.37. The van der Waals surface area contributed by atoms with Gasteiger partial charge in [0.2, 0.25) is 5.78 Å². The minimum absolute atomic E-state index is 0.226. The van der Waals surface area contributed by atoms with Crippen molar-refractivity contribution in [1.29, 1.82) is 0 Å². The van der Waals surface area contributed by atoms with Crippen LogP contribution in [0.4, 0.5) is 0 Å². The van der Waals surface area contributed by atoms with Gasteiger partial charge in [0.1, 0.15) is 11.6 Å². The van der Waals surface area contributed by atoms with Crippen LogP contribution in [0.2, 0.25) is 0 Å². The average molecular weight is 327 g/mol. The molecule has 122 valence electrons. The van der Waals surface area contributed by atoms with Gasteiger partial charge in [0.05, 0.1) is 5.69 Å². The van der Waals surface area contributed by atoms with Crippen LogP contribution >= 0.6 is 0 Å². The van der Waals surface area contributed by atoms with Gasteiger partial charge in [-0.1, -0.05) is 18.2 Å². The second-order valence-electron chi connectivity index (χ2n) is 5.20. The van der Waals surface area contributed by atoms with Crippen LogP contribution in [0.15, 0.2) is 45.0 Å². The fourth-order valence-electron chi connectivity index (χ4n) is 2.37. The maximum atomic E-state index is 12.7. The van der Waals surface area contributed by atoms with Crippen LogP contribution < -0.4 is 11.2 Å². The standard InChI is InChI=1S/C15H13N5O4/c1-18-14(23)12(21)10(8-16-18)11-13(22)20(15(24)19(2)17-11)9-6-4-3-5-7-9/h3-8,10H,1-2H3. The number of hydrogen-bond donors (Lipinski definition) is 0. The molecule has 0 fully saturated rings. The fraction of sp³-hybridized carbons (Fsp3) is 0.200. The molecule has 0 spiro atoms. The predicted molar refractivity (Wildman–Crippen MR) is 84.1 cm³/mol. The summed E-state index contributed by atoms with van der Waals surface area (Å²) in [5.41, 5.74) is -1.29. The molecule has 0 saturated heterocycles. The van der Waals surface area contributed by atoms with Crippen LogP contribution in [0.5, 0.6) is 0 Å². The number of aryl methyl sites for hydroxylation is 1. The minimum Gasteiger partial charge on any atom is -0.287 e. The summed E-state index contributed by atoms with van der Waals surface area (Å²) >= 11 is 0. The number of hydrazone groups is 1. The van der Waals surface area contributed by atoms with E-state index in [2.05, 4.69) is 10.2 Å². The Balaban J connectivity index is 2.25. The van der Waals surface area contributed by atoms with E-state index in [9.17, 15) is 19.2 Å². The van der Waals surface area contributed by atoms with Gasteiger partial charge in [-0.25, -0.2) is 19.1 Å². The average Bonchev–Trinajstić information content (AvgIpc) is 2.58. The minimum atomic E-state index is -1.22. The van der Waals surface area contributed by atoms with E-state index in [4.69, 9.17) is 0 Å². The maximum absolute atomic E-state index is 12.7. The predicted octanol–water partition coefficient (Wildman–Crippen LogP) is -0.958. The molecular weight excluding hydrogens is 314 g/mol. The quantitative estimate of drug-likeness (QED) is 0.661. The van der Waals surface area contributed by atoms with Crippen LogP contribution in [0, 0.1) is 0 Å². The van der Waals surface area contributed by atoms with Gasteiger partial charge in [-0.15, -0.1) is 0 Å². The number of amides is 1. The highest BCUT2D eigenvalue weighted by Gasteiger charge is 2.35. The summed E-state index contributed by atoms with van der Waals surface area (Å²) < 4.78 is 1.86. The van der Waals surface area contributed by atoms with E-state index in [-0.39, 0.29) is 5.69 Å². The number of carbonyl (C=O) groups is 2. The molecule has 1 aromatic heterocycles. The lowest BCUT2D eigenvalue weighted by Gasteiger charge is -2.19. The summed E-state index contributed by atoms with van der Waals surface area (Å²) in [4.78, 5) is 49.0. The zero-order valence-corrected chi connectivity index (χ0v) is 12.9. The molecule has 1 atom stereocenters. The molecule has 9 heteroatoms. The van der Waals surface area contributed by atoms with Crippen molar-refractivity contribution in [3.63, 3.8) is 0 Å². The highest BCUT2D eigenvalue weighted by molar-refractivity contribution is 6.42. The Hall–Kier alpha value is -3.36. The Morgan fingerprint density at radius 3 is 2.33 bits per heavy atom. The number of carbonyl (C=O) groups excluding carboxylic acids is 2. The van der Waals surface area contributed by atoms with Gasteiger partial charge in [-0.05, 0) is 12.1 Å². The van der Waals surface area contributed by atoms with Crippen molar-refractivity contribution >= 4 is 17.9 Å². The number of ketones is 1. The van der Waals surface area contributed by atoms with Gasteiger partial charge in [0.15, 0.2) is 0 Å². The monoisotopic (exact) mass is 327 g/mol. The number of aromatic nitrogens is 3. The van der Waals surface area contributed by atoms with Crippen LogP contribution in [-0.4, -0.2) is 44.3 Å². The summed E-state index contributed by atoms with van der Waals surface area (Å²) in [6.45, 7) is 0. The smallest absolute Gasteiger partial charge is 0.287 e. The summed E-state index contributed by atoms with van der Waals surface area (Å²) in [5.74, 6) is -2.89. The summed E-state index contributed by atoms with van der Waals surface area (Å²) in [6.07, 6.45) is 1.17. The zero-order valence-electron chi connectivity index (χ0n) is 12.9. The Labute approximate surface area is 135 Å². The normalized spacial score (nSPS) is 17.4. The van der Waals surface area contributed by atoms with Gasteiger partial charge in [-0.3, -0.25) is 14.4 Å². The molecule has 0 N–H and O–H groups in total. The van der Waals surface area contributed by atoms with Gasteiger partial charge in [-0.2, -0.15) is 10.2 Å². The molecule has 0 aliphatic carbocycles. The molecule has 2 aromatic rings. The number of likely N-dealkylation sites (N-methyl/N-ethyl adjacent to an activating group) is 1. The van der Waals surface area contributed by atoms with Crippen molar-refractivity contribution in [3.05, 3.63) is 56.9 Å². The SMILES string of the molecule is CN1N=CC(c2nn(C)c(=O)n(-c3ccccc3)c2=O)C(=O)C1=O. The zero-order chi connectivity index (χ0) is 17.4. The molecule has 0 bridgehead atoms. The lowest BCUT2D eigenvalue weighted by Crippen LogP contribution is -2.46. The molecule has 0 radical (unpaired) electrons. The first-order valence-corrected chi connectivity index (χ1v) is 7.03. The van der Waals surface area contributed by atoms with Crippen LogP contribution in [0.1, 0.15) is 11.6 Å². The maximum Gasteiger partial charge on any atom is 0.351 e. The molecule has 1 aromatic carbocycles. The van der Waals surface area contributed by atoms with Crippen molar-refractivity contribution in [2.45, 2.75) is 5.92 Å². The van der Waals surface area contributed by atoms with E-state index >= 15 is 0 Å². The van der Waals surface area contributed by atoms with E-state index in [0.29, 0.717) is 5.69 Å². The third-order valence-corrected chi connectivity index (χ3v) is 3.63. The Bertz CT molecular complexity index is 974. The summed E-state index contributed by atoms with van der Waals surface area (Å²) in [5, 5.41) is 8.54. The number of hydrogen-bond acceptors (Lipinski definition) is 6. The lowest BCUT2D eigenvalue weighted by molar-refractivity contribution is -0.144. The summed E-state index contributed by atoms with van der Waals surface area (Å²) in [6, 6.07) is 8.26. The third kappa shape index (κ3) is 2.35. The first-order valence-electron chi connectivity index (χ1n) is 7.03. The van der Waals surface area contributed by atoms with Crippen molar-refractivity contribution in [2.75, 3.05) is 7.05 Å². The Kier molecular flexibility index (Phi) is 3.68. The highest BCUT2D eigenvalue weighted by atomic mass is 16.2. The van der Waals surface area contributed by atoms with E-state index in [1.165, 1.54) is 20.3 Å². The van der Waals surface area contributed by atoms with E-state index in [0.717, 1.165) is 14.3 Å². The topological polar surface area (TPSA) is 107 Å². The molecule has 3 rings (SSSR count). The first kappa shape index (κ1) is 15.5. The van der Waals surface area contributed by atoms with Crippen molar-refractivity contribution in [2.24, 2.45) is 12.1 Å². The van der Waals surface area contributed by atoms with E-state index in [1.807, 2.05) is 0 Å². The largest absolute Gasteiger partial charge is 0.351 e. The molecule has 2 heterocycles. The van der Waals surface area contributed by atoms with Gasteiger partial charge in [0, 0.05) is 20.3 Å². The van der Waals surface area contributed by atoms with Crippen molar-refractivity contribution < 1.29 is 9.59 Å². The van der Waals surface area contributed by atoms with Gasteiger partial charge < -0.3 is 0 Å². The van der Waals surface area contributed by atoms with E-state index in [1.54, 1.807) is 30.3 Å². The molecule has 0 saturated carbocycles. The number of para-hydroxylation sites is 1. The van der Waals surface area contributed by atoms with Crippen molar-refractivity contribution in [1.82, 2.24) is 19.4 Å². The van der Waals surface area contributed by atoms with E-state index < -0.39 is 28.9 Å². The van der Waals surface area contributed by atoms with Crippen LogP contribution in [0.25, 0.3) is 5.69 Å². The number of rotatable bonds is 2. The summed E-state index contributed by atoms with van der Waals surface area (Å²) in [7, 11) is 2.70. The molecule has 24 heavy (non-hydrogen) atoms. The molecule has 1 aliphatic heterocycles. The van der Waals surface area contributed by atoms with Gasteiger partial charge in [0.25, 0.3) is 5.56 Å². The third-order valence-electron chi connectivity index (χ3n) is 3.63. The Morgan fingerprint density at radius 2 is 1.67 bits per heavy atom. The molecule has 9 nitrogen and oxygen atoms in total.